The predicted octanol–water partition coefficient (Wildman–Crippen LogP) is 3.99. The average Bonchev–Trinajstić information content (AvgIpc) is 3.06. The molecule has 0 spiro atoms. The fraction of sp³-hybridized carbons (Fsp3) is 0.571. The van der Waals surface area contributed by atoms with Crippen LogP contribution in [0.3, 0.4) is 0 Å². The normalized spacial score (nSPS) is 23.9. The molecule has 0 aliphatic heterocycles. The summed E-state index contributed by atoms with van der Waals surface area (Å²) >= 11 is 0. The maximum Gasteiger partial charge on any atom is 0.118 e. The Labute approximate surface area is 92.5 Å². The van der Waals surface area contributed by atoms with E-state index in [0.717, 1.165) is 17.6 Å². The molecule has 1 nitrogen and oxygen atoms in total. The van der Waals surface area contributed by atoms with Crippen LogP contribution in [0, 0.1) is 5.92 Å². The molecular formula is C14H20O. The fourth-order valence-corrected chi connectivity index (χ4v) is 2.29. The van der Waals surface area contributed by atoms with Crippen molar-refractivity contribution >= 4 is 0 Å². The van der Waals surface area contributed by atoms with E-state index in [1.165, 1.54) is 31.2 Å². The van der Waals surface area contributed by atoms with Gasteiger partial charge in [-0.25, -0.2) is 0 Å². The molecule has 2 rings (SSSR count). The van der Waals surface area contributed by atoms with Gasteiger partial charge in [0.15, 0.2) is 0 Å². The molecule has 2 atom stereocenters. The summed E-state index contributed by atoms with van der Waals surface area (Å²) in [6, 6.07) is 8.58. The van der Waals surface area contributed by atoms with Crippen molar-refractivity contribution in [2.24, 2.45) is 5.92 Å². The second-order valence-corrected chi connectivity index (χ2v) is 4.52. The van der Waals surface area contributed by atoms with Crippen LogP contribution in [0.1, 0.15) is 44.1 Å². The third-order valence-corrected chi connectivity index (χ3v) is 3.40. The molecule has 0 radical (unpaired) electrons. The molecule has 1 saturated carbocycles. The van der Waals surface area contributed by atoms with Gasteiger partial charge in [-0.3, -0.25) is 0 Å². The van der Waals surface area contributed by atoms with Gasteiger partial charge in [0.05, 0.1) is 7.11 Å². The van der Waals surface area contributed by atoms with E-state index in [4.69, 9.17) is 4.74 Å². The van der Waals surface area contributed by atoms with Crippen molar-refractivity contribution < 1.29 is 4.74 Å². The first kappa shape index (κ1) is 10.5. The standard InChI is InChI=1S/C14H20O/c1-3-4-5-12-10-14(12)11-6-8-13(15-2)9-7-11/h6-9,12,14H,3-5,10H2,1-2H3/t12-,14-/m1/s1. The van der Waals surface area contributed by atoms with Crippen molar-refractivity contribution in [3.8, 4) is 5.75 Å². The van der Waals surface area contributed by atoms with E-state index in [2.05, 4.69) is 31.2 Å². The monoisotopic (exact) mass is 204 g/mol. The summed E-state index contributed by atoms with van der Waals surface area (Å²) in [4.78, 5) is 0. The first-order chi connectivity index (χ1) is 7.35. The highest BCUT2D eigenvalue weighted by Crippen LogP contribution is 2.50. The Morgan fingerprint density at radius 3 is 2.60 bits per heavy atom. The highest BCUT2D eigenvalue weighted by atomic mass is 16.5. The summed E-state index contributed by atoms with van der Waals surface area (Å²) in [5, 5.41) is 0. The smallest absolute Gasteiger partial charge is 0.118 e. The molecular weight excluding hydrogens is 184 g/mol. The number of rotatable bonds is 5. The van der Waals surface area contributed by atoms with Crippen molar-refractivity contribution in [2.45, 2.75) is 38.5 Å². The van der Waals surface area contributed by atoms with Gasteiger partial charge in [0.1, 0.15) is 5.75 Å². The van der Waals surface area contributed by atoms with Gasteiger partial charge >= 0.3 is 0 Å². The van der Waals surface area contributed by atoms with E-state index in [-0.39, 0.29) is 0 Å². The maximum atomic E-state index is 5.16. The Morgan fingerprint density at radius 2 is 2.00 bits per heavy atom. The third-order valence-electron chi connectivity index (χ3n) is 3.40. The summed E-state index contributed by atoms with van der Waals surface area (Å²) in [6.07, 6.45) is 5.52. The molecule has 0 bridgehead atoms. The van der Waals surface area contributed by atoms with Gasteiger partial charge < -0.3 is 4.74 Å². The predicted molar refractivity (Wildman–Crippen MR) is 63.4 cm³/mol. The summed E-state index contributed by atoms with van der Waals surface area (Å²) in [5.41, 5.74) is 1.50. The zero-order chi connectivity index (χ0) is 10.7. The Balaban J connectivity index is 1.89. The number of hydrogen-bond acceptors (Lipinski definition) is 1. The van der Waals surface area contributed by atoms with Crippen molar-refractivity contribution in [1.29, 1.82) is 0 Å². The minimum absolute atomic E-state index is 0.836. The van der Waals surface area contributed by atoms with Crippen molar-refractivity contribution in [2.75, 3.05) is 7.11 Å². The van der Waals surface area contributed by atoms with E-state index in [1.54, 1.807) is 7.11 Å². The molecule has 0 amide bonds. The van der Waals surface area contributed by atoms with Gasteiger partial charge in [-0.05, 0) is 42.4 Å². The maximum absolute atomic E-state index is 5.16. The van der Waals surface area contributed by atoms with Crippen LogP contribution >= 0.6 is 0 Å². The fourth-order valence-electron chi connectivity index (χ4n) is 2.29. The van der Waals surface area contributed by atoms with Crippen molar-refractivity contribution in [3.63, 3.8) is 0 Å². The van der Waals surface area contributed by atoms with Gasteiger partial charge in [-0.1, -0.05) is 31.9 Å². The first-order valence-electron chi connectivity index (χ1n) is 5.99. The lowest BCUT2D eigenvalue weighted by molar-refractivity contribution is 0.414. The van der Waals surface area contributed by atoms with Crippen LogP contribution in [0.5, 0.6) is 5.75 Å². The van der Waals surface area contributed by atoms with Crippen LogP contribution in [0.4, 0.5) is 0 Å². The number of unbranched alkanes of at least 4 members (excludes halogenated alkanes) is 1. The summed E-state index contributed by atoms with van der Waals surface area (Å²) < 4.78 is 5.16. The minimum Gasteiger partial charge on any atom is -0.497 e. The minimum atomic E-state index is 0.836. The molecule has 1 fully saturated rings. The lowest BCUT2D eigenvalue weighted by atomic mass is 10.1. The molecule has 1 aliphatic carbocycles. The third kappa shape index (κ3) is 2.53. The molecule has 0 N–H and O–H groups in total. The summed E-state index contributed by atoms with van der Waals surface area (Å²) in [6.45, 7) is 2.27. The molecule has 1 aliphatic rings. The number of methoxy groups -OCH3 is 1. The van der Waals surface area contributed by atoms with Crippen molar-refractivity contribution in [1.82, 2.24) is 0 Å². The van der Waals surface area contributed by atoms with Crippen LogP contribution in [0.15, 0.2) is 24.3 Å². The second-order valence-electron chi connectivity index (χ2n) is 4.52. The van der Waals surface area contributed by atoms with Gasteiger partial charge in [-0.15, -0.1) is 0 Å². The summed E-state index contributed by atoms with van der Waals surface area (Å²) in [5.74, 6) is 2.75. The summed E-state index contributed by atoms with van der Waals surface area (Å²) in [7, 11) is 1.72. The lowest BCUT2D eigenvalue weighted by Crippen LogP contribution is -1.86. The second kappa shape index (κ2) is 4.69. The van der Waals surface area contributed by atoms with E-state index in [0.29, 0.717) is 0 Å². The van der Waals surface area contributed by atoms with Crippen LogP contribution in [-0.4, -0.2) is 7.11 Å². The molecule has 1 aromatic carbocycles. The molecule has 0 unspecified atom stereocenters. The Kier molecular flexibility index (Phi) is 3.30. The largest absolute Gasteiger partial charge is 0.497 e. The van der Waals surface area contributed by atoms with E-state index in [1.807, 2.05) is 0 Å². The van der Waals surface area contributed by atoms with Gasteiger partial charge in [0.2, 0.25) is 0 Å². The first-order valence-corrected chi connectivity index (χ1v) is 5.99. The number of hydrogen-bond donors (Lipinski definition) is 0. The molecule has 1 heteroatoms. The van der Waals surface area contributed by atoms with Crippen LogP contribution < -0.4 is 4.74 Å². The highest BCUT2D eigenvalue weighted by molar-refractivity contribution is 5.32. The van der Waals surface area contributed by atoms with Crippen LogP contribution in [0.25, 0.3) is 0 Å². The number of benzene rings is 1. The van der Waals surface area contributed by atoms with E-state index < -0.39 is 0 Å². The van der Waals surface area contributed by atoms with Gasteiger partial charge in [0.25, 0.3) is 0 Å². The van der Waals surface area contributed by atoms with Crippen LogP contribution in [0.2, 0.25) is 0 Å². The van der Waals surface area contributed by atoms with Gasteiger partial charge in [-0.2, -0.15) is 0 Å². The molecule has 15 heavy (non-hydrogen) atoms. The molecule has 0 saturated heterocycles. The number of ether oxygens (including phenoxy) is 1. The van der Waals surface area contributed by atoms with Gasteiger partial charge in [0, 0.05) is 0 Å². The van der Waals surface area contributed by atoms with Crippen LogP contribution in [-0.2, 0) is 0 Å². The molecule has 0 heterocycles. The van der Waals surface area contributed by atoms with Crippen molar-refractivity contribution in [3.05, 3.63) is 29.8 Å². The molecule has 1 aromatic rings. The topological polar surface area (TPSA) is 9.23 Å². The molecule has 82 valence electrons. The average molecular weight is 204 g/mol. The quantitative estimate of drug-likeness (QED) is 0.704. The SMILES string of the molecule is CCCC[C@@H]1C[C@@H]1c1ccc(OC)cc1. The Bertz CT molecular complexity index is 302. The van der Waals surface area contributed by atoms with E-state index in [9.17, 15) is 0 Å². The Hall–Kier alpha value is -0.980. The molecule has 0 aromatic heterocycles. The lowest BCUT2D eigenvalue weighted by Gasteiger charge is -2.02. The highest BCUT2D eigenvalue weighted by Gasteiger charge is 2.37. The zero-order valence-corrected chi connectivity index (χ0v) is 9.70. The zero-order valence-electron chi connectivity index (χ0n) is 9.70. The van der Waals surface area contributed by atoms with E-state index >= 15 is 0 Å². The Morgan fingerprint density at radius 1 is 1.27 bits per heavy atom.